The molecule has 2 heteroatoms. The van der Waals surface area contributed by atoms with Crippen molar-refractivity contribution in [2.45, 2.75) is 39.3 Å². The van der Waals surface area contributed by atoms with E-state index in [1.165, 1.54) is 12.1 Å². The molecule has 1 N–H and O–H groups in total. The predicted octanol–water partition coefficient (Wildman–Crippen LogP) is 2.97. The molecule has 0 aliphatic carbocycles. The van der Waals surface area contributed by atoms with Crippen molar-refractivity contribution < 1.29 is 5.11 Å². The lowest BCUT2D eigenvalue weighted by Gasteiger charge is -2.24. The van der Waals surface area contributed by atoms with Crippen molar-refractivity contribution in [1.82, 2.24) is 0 Å². The molecule has 1 aliphatic heterocycles. The van der Waals surface area contributed by atoms with Gasteiger partial charge in [0.1, 0.15) is 0 Å². The summed E-state index contributed by atoms with van der Waals surface area (Å²) in [6.45, 7) is 7.54. The van der Waals surface area contributed by atoms with Gasteiger partial charge in [0.15, 0.2) is 0 Å². The zero-order valence-corrected chi connectivity index (χ0v) is 10.4. The van der Waals surface area contributed by atoms with E-state index in [0.717, 1.165) is 18.0 Å². The number of nitrogens with zero attached hydrogens (tertiary/aromatic N) is 1. The number of anilines is 1. The molecule has 0 bridgehead atoms. The Balaban J connectivity index is 2.15. The van der Waals surface area contributed by atoms with E-state index in [2.05, 4.69) is 30.9 Å². The van der Waals surface area contributed by atoms with Crippen LogP contribution in [0.2, 0.25) is 0 Å². The third-order valence-electron chi connectivity index (χ3n) is 3.49. The number of benzene rings is 1. The standard InChI is InChI=1S/C14H21NO/c1-10-8-11(2)15(9-10)14-6-4-13(5-7-14)12(3)16/h4-7,10-12,16H,8-9H2,1-3H3/t10?,11?,12-/m1/s1. The molecule has 1 saturated heterocycles. The number of rotatable bonds is 2. The fraction of sp³-hybridized carbons (Fsp3) is 0.571. The summed E-state index contributed by atoms with van der Waals surface area (Å²) in [6.07, 6.45) is 0.905. The maximum atomic E-state index is 9.46. The molecule has 0 aromatic heterocycles. The first-order chi connectivity index (χ1) is 7.58. The van der Waals surface area contributed by atoms with Crippen LogP contribution in [0.15, 0.2) is 24.3 Å². The molecule has 0 spiro atoms. The molecule has 16 heavy (non-hydrogen) atoms. The quantitative estimate of drug-likeness (QED) is 0.826. The summed E-state index contributed by atoms with van der Waals surface area (Å²) < 4.78 is 0. The average molecular weight is 219 g/mol. The molecule has 0 radical (unpaired) electrons. The lowest BCUT2D eigenvalue weighted by molar-refractivity contribution is 0.199. The van der Waals surface area contributed by atoms with E-state index >= 15 is 0 Å². The second-order valence-corrected chi connectivity index (χ2v) is 5.11. The van der Waals surface area contributed by atoms with Gasteiger partial charge < -0.3 is 10.0 Å². The number of aliphatic hydroxyl groups is 1. The zero-order valence-electron chi connectivity index (χ0n) is 10.4. The molecule has 0 saturated carbocycles. The van der Waals surface area contributed by atoms with Crippen molar-refractivity contribution in [3.05, 3.63) is 29.8 Å². The molecule has 1 aliphatic rings. The van der Waals surface area contributed by atoms with E-state index in [1.807, 2.05) is 12.1 Å². The van der Waals surface area contributed by atoms with Crippen molar-refractivity contribution in [2.75, 3.05) is 11.4 Å². The monoisotopic (exact) mass is 219 g/mol. The van der Waals surface area contributed by atoms with Gasteiger partial charge in [0.25, 0.3) is 0 Å². The van der Waals surface area contributed by atoms with Gasteiger partial charge in [-0.25, -0.2) is 0 Å². The summed E-state index contributed by atoms with van der Waals surface area (Å²) in [4.78, 5) is 2.45. The van der Waals surface area contributed by atoms with Gasteiger partial charge in [-0.3, -0.25) is 0 Å². The molecule has 2 unspecified atom stereocenters. The molecule has 1 aromatic carbocycles. The van der Waals surface area contributed by atoms with Gasteiger partial charge in [-0.05, 0) is 43.9 Å². The highest BCUT2D eigenvalue weighted by Gasteiger charge is 2.25. The molecule has 1 aromatic rings. The normalized spacial score (nSPS) is 27.1. The SMILES string of the molecule is CC1CC(C)N(c2ccc([C@@H](C)O)cc2)C1. The summed E-state index contributed by atoms with van der Waals surface area (Å²) >= 11 is 0. The predicted molar refractivity (Wildman–Crippen MR) is 67.7 cm³/mol. The van der Waals surface area contributed by atoms with E-state index < -0.39 is 0 Å². The van der Waals surface area contributed by atoms with Gasteiger partial charge in [0.05, 0.1) is 6.10 Å². The summed E-state index contributed by atoms with van der Waals surface area (Å²) in [5.74, 6) is 0.784. The highest BCUT2D eigenvalue weighted by Crippen LogP contribution is 2.29. The molecule has 2 rings (SSSR count). The molecule has 3 atom stereocenters. The van der Waals surface area contributed by atoms with Gasteiger partial charge in [-0.15, -0.1) is 0 Å². The molecule has 88 valence electrons. The molecule has 2 nitrogen and oxygen atoms in total. The van der Waals surface area contributed by atoms with Crippen LogP contribution in [-0.4, -0.2) is 17.7 Å². The minimum atomic E-state index is -0.371. The minimum absolute atomic E-state index is 0.371. The number of hydrogen-bond acceptors (Lipinski definition) is 2. The van der Waals surface area contributed by atoms with Crippen LogP contribution in [0.4, 0.5) is 5.69 Å². The fourth-order valence-electron chi connectivity index (χ4n) is 2.60. The third kappa shape index (κ3) is 2.22. The van der Waals surface area contributed by atoms with Gasteiger partial charge in [-0.2, -0.15) is 0 Å². The van der Waals surface area contributed by atoms with Crippen molar-refractivity contribution in [3.63, 3.8) is 0 Å². The van der Waals surface area contributed by atoms with E-state index in [-0.39, 0.29) is 6.10 Å². The Hall–Kier alpha value is -1.02. The number of hydrogen-bond donors (Lipinski definition) is 1. The maximum Gasteiger partial charge on any atom is 0.0761 e. The zero-order chi connectivity index (χ0) is 11.7. The van der Waals surface area contributed by atoms with E-state index in [1.54, 1.807) is 6.92 Å². The summed E-state index contributed by atoms with van der Waals surface area (Å²) in [7, 11) is 0. The van der Waals surface area contributed by atoms with Crippen LogP contribution in [0.5, 0.6) is 0 Å². The molecular formula is C14H21NO. The highest BCUT2D eigenvalue weighted by molar-refractivity contribution is 5.49. The van der Waals surface area contributed by atoms with Gasteiger partial charge in [0.2, 0.25) is 0 Å². The number of aliphatic hydroxyl groups excluding tert-OH is 1. The Labute approximate surface area is 97.9 Å². The van der Waals surface area contributed by atoms with Crippen LogP contribution < -0.4 is 4.90 Å². The van der Waals surface area contributed by atoms with Crippen LogP contribution in [0.3, 0.4) is 0 Å². The van der Waals surface area contributed by atoms with Crippen molar-refractivity contribution in [1.29, 1.82) is 0 Å². The van der Waals surface area contributed by atoms with Gasteiger partial charge in [-0.1, -0.05) is 19.1 Å². The lowest BCUT2D eigenvalue weighted by atomic mass is 10.1. The summed E-state index contributed by atoms with van der Waals surface area (Å²) in [5, 5.41) is 9.46. The molecule has 1 fully saturated rings. The summed E-state index contributed by atoms with van der Waals surface area (Å²) in [5.41, 5.74) is 2.27. The van der Waals surface area contributed by atoms with Gasteiger partial charge >= 0.3 is 0 Å². The summed E-state index contributed by atoms with van der Waals surface area (Å²) in [6, 6.07) is 8.92. The second kappa shape index (κ2) is 4.46. The Morgan fingerprint density at radius 2 is 1.88 bits per heavy atom. The van der Waals surface area contributed by atoms with Crippen molar-refractivity contribution >= 4 is 5.69 Å². The third-order valence-corrected chi connectivity index (χ3v) is 3.49. The van der Waals surface area contributed by atoms with Crippen molar-refractivity contribution in [3.8, 4) is 0 Å². The van der Waals surface area contributed by atoms with E-state index in [9.17, 15) is 5.11 Å². The highest BCUT2D eigenvalue weighted by atomic mass is 16.3. The largest absolute Gasteiger partial charge is 0.389 e. The van der Waals surface area contributed by atoms with Crippen LogP contribution in [0, 0.1) is 5.92 Å². The average Bonchev–Trinajstić information content (AvgIpc) is 2.58. The smallest absolute Gasteiger partial charge is 0.0761 e. The van der Waals surface area contributed by atoms with Gasteiger partial charge in [0, 0.05) is 18.3 Å². The lowest BCUT2D eigenvalue weighted by Crippen LogP contribution is -2.26. The first-order valence-corrected chi connectivity index (χ1v) is 6.12. The second-order valence-electron chi connectivity index (χ2n) is 5.11. The Bertz CT molecular complexity index is 344. The molecular weight excluding hydrogens is 198 g/mol. The van der Waals surface area contributed by atoms with Crippen LogP contribution in [0.25, 0.3) is 0 Å². The molecule has 1 heterocycles. The Kier molecular flexibility index (Phi) is 3.20. The first kappa shape index (κ1) is 11.5. The Morgan fingerprint density at radius 1 is 1.25 bits per heavy atom. The van der Waals surface area contributed by atoms with Crippen molar-refractivity contribution in [2.24, 2.45) is 5.92 Å². The maximum absolute atomic E-state index is 9.46. The first-order valence-electron chi connectivity index (χ1n) is 6.12. The van der Waals surface area contributed by atoms with E-state index in [0.29, 0.717) is 6.04 Å². The topological polar surface area (TPSA) is 23.5 Å². The minimum Gasteiger partial charge on any atom is -0.389 e. The van der Waals surface area contributed by atoms with Crippen LogP contribution >= 0.6 is 0 Å². The molecule has 0 amide bonds. The van der Waals surface area contributed by atoms with Crippen LogP contribution in [-0.2, 0) is 0 Å². The van der Waals surface area contributed by atoms with Crippen LogP contribution in [0.1, 0.15) is 38.9 Å². The Morgan fingerprint density at radius 3 is 2.31 bits per heavy atom. The fourth-order valence-corrected chi connectivity index (χ4v) is 2.60. The van der Waals surface area contributed by atoms with E-state index in [4.69, 9.17) is 0 Å².